The number of nitrogens with zero attached hydrogens (tertiary/aromatic N) is 3. The van der Waals surface area contributed by atoms with E-state index >= 15 is 0 Å². The number of benzene rings is 1. The summed E-state index contributed by atoms with van der Waals surface area (Å²) in [5.74, 6) is 0.585. The summed E-state index contributed by atoms with van der Waals surface area (Å²) in [7, 11) is 1.92. The van der Waals surface area contributed by atoms with Crippen LogP contribution in [0.2, 0.25) is 0 Å². The van der Waals surface area contributed by atoms with Crippen molar-refractivity contribution in [3.8, 4) is 11.1 Å². The zero-order valence-corrected chi connectivity index (χ0v) is 8.81. The Kier molecular flexibility index (Phi) is 1.73. The molecule has 0 aliphatic rings. The minimum Gasteiger partial charge on any atom is -0.384 e. The van der Waals surface area contributed by atoms with Crippen molar-refractivity contribution in [1.82, 2.24) is 20.0 Å². The van der Waals surface area contributed by atoms with Gasteiger partial charge in [0, 0.05) is 18.0 Å². The standard InChI is InChI=1S/C11H11N5/c1-16-10-4-7(2-3-8(10)5-14-16)9-6-13-15-11(9)12/h2-6H,1H3,(H3,12,13,15). The van der Waals surface area contributed by atoms with Crippen molar-refractivity contribution in [2.75, 3.05) is 5.73 Å². The van der Waals surface area contributed by atoms with Gasteiger partial charge in [0.1, 0.15) is 5.82 Å². The first-order valence-electron chi connectivity index (χ1n) is 4.96. The monoisotopic (exact) mass is 213 g/mol. The summed E-state index contributed by atoms with van der Waals surface area (Å²) in [5, 5.41) is 12.0. The molecule has 0 fully saturated rings. The minimum atomic E-state index is 0.585. The maximum absolute atomic E-state index is 5.79. The largest absolute Gasteiger partial charge is 0.384 e. The molecule has 80 valence electrons. The van der Waals surface area contributed by atoms with Crippen molar-refractivity contribution in [1.29, 1.82) is 0 Å². The Morgan fingerprint density at radius 3 is 2.94 bits per heavy atom. The highest BCUT2D eigenvalue weighted by Crippen LogP contribution is 2.26. The van der Waals surface area contributed by atoms with Gasteiger partial charge in [-0.25, -0.2) is 0 Å². The highest BCUT2D eigenvalue weighted by molar-refractivity contribution is 5.86. The molecule has 0 amide bonds. The second-order valence-corrected chi connectivity index (χ2v) is 3.74. The zero-order valence-electron chi connectivity index (χ0n) is 8.81. The predicted molar refractivity (Wildman–Crippen MR) is 62.7 cm³/mol. The second-order valence-electron chi connectivity index (χ2n) is 3.74. The number of rotatable bonds is 1. The third-order valence-corrected chi connectivity index (χ3v) is 2.73. The Labute approximate surface area is 91.9 Å². The molecule has 0 saturated carbocycles. The number of nitrogen functional groups attached to an aromatic ring is 1. The summed E-state index contributed by atoms with van der Waals surface area (Å²) in [4.78, 5) is 0. The van der Waals surface area contributed by atoms with Crippen molar-refractivity contribution < 1.29 is 0 Å². The lowest BCUT2D eigenvalue weighted by atomic mass is 10.1. The maximum atomic E-state index is 5.79. The summed E-state index contributed by atoms with van der Waals surface area (Å²) in [6, 6.07) is 6.11. The molecular formula is C11H11N5. The molecule has 0 spiro atoms. The van der Waals surface area contributed by atoms with Crippen LogP contribution in [-0.2, 0) is 7.05 Å². The van der Waals surface area contributed by atoms with Gasteiger partial charge in [0.05, 0.1) is 17.9 Å². The van der Waals surface area contributed by atoms with Crippen LogP contribution in [0.15, 0.2) is 30.6 Å². The van der Waals surface area contributed by atoms with E-state index in [-0.39, 0.29) is 0 Å². The summed E-state index contributed by atoms with van der Waals surface area (Å²) in [5.41, 5.74) is 8.83. The SMILES string of the molecule is Cn1ncc2ccc(-c3cn[nH]c3N)cc21. The Balaban J connectivity index is 2.25. The van der Waals surface area contributed by atoms with Crippen LogP contribution in [0.4, 0.5) is 5.82 Å². The van der Waals surface area contributed by atoms with Gasteiger partial charge < -0.3 is 5.73 Å². The number of aromatic nitrogens is 4. The Morgan fingerprint density at radius 1 is 1.31 bits per heavy atom. The molecule has 3 N–H and O–H groups in total. The third kappa shape index (κ3) is 1.18. The van der Waals surface area contributed by atoms with Crippen LogP contribution in [0.25, 0.3) is 22.0 Å². The molecule has 3 aromatic rings. The van der Waals surface area contributed by atoms with Gasteiger partial charge in [0.15, 0.2) is 0 Å². The molecule has 0 radical (unpaired) electrons. The van der Waals surface area contributed by atoms with Crippen molar-refractivity contribution in [3.05, 3.63) is 30.6 Å². The fraction of sp³-hybridized carbons (Fsp3) is 0.0909. The Morgan fingerprint density at radius 2 is 2.19 bits per heavy atom. The smallest absolute Gasteiger partial charge is 0.126 e. The summed E-state index contributed by atoms with van der Waals surface area (Å²) in [6.45, 7) is 0. The van der Waals surface area contributed by atoms with Crippen molar-refractivity contribution >= 4 is 16.7 Å². The average molecular weight is 213 g/mol. The van der Waals surface area contributed by atoms with Crippen LogP contribution >= 0.6 is 0 Å². The first-order valence-corrected chi connectivity index (χ1v) is 4.96. The van der Waals surface area contributed by atoms with Gasteiger partial charge in [-0.1, -0.05) is 12.1 Å². The van der Waals surface area contributed by atoms with Crippen molar-refractivity contribution in [3.63, 3.8) is 0 Å². The number of anilines is 1. The number of hydrogen-bond donors (Lipinski definition) is 2. The molecule has 0 unspecified atom stereocenters. The number of aromatic amines is 1. The average Bonchev–Trinajstić information content (AvgIpc) is 2.86. The van der Waals surface area contributed by atoms with Crippen LogP contribution in [0, 0.1) is 0 Å². The van der Waals surface area contributed by atoms with E-state index in [2.05, 4.69) is 21.4 Å². The highest BCUT2D eigenvalue weighted by atomic mass is 15.2. The number of fused-ring (bicyclic) bond motifs is 1. The van der Waals surface area contributed by atoms with Crippen LogP contribution in [0.5, 0.6) is 0 Å². The molecule has 2 aromatic heterocycles. The number of nitrogens with one attached hydrogen (secondary N) is 1. The van der Waals surface area contributed by atoms with Crippen LogP contribution < -0.4 is 5.73 Å². The van der Waals surface area contributed by atoms with E-state index in [0.717, 1.165) is 22.0 Å². The van der Waals surface area contributed by atoms with Crippen LogP contribution in [-0.4, -0.2) is 20.0 Å². The second kappa shape index (κ2) is 3.10. The summed E-state index contributed by atoms with van der Waals surface area (Å²) < 4.78 is 1.84. The molecule has 3 rings (SSSR count). The fourth-order valence-corrected chi connectivity index (χ4v) is 1.84. The predicted octanol–water partition coefficient (Wildman–Crippen LogP) is 1.55. The summed E-state index contributed by atoms with van der Waals surface area (Å²) in [6.07, 6.45) is 3.57. The van der Waals surface area contributed by atoms with E-state index in [4.69, 9.17) is 5.73 Å². The minimum absolute atomic E-state index is 0.585. The van der Waals surface area contributed by atoms with E-state index in [0.29, 0.717) is 5.82 Å². The molecule has 0 atom stereocenters. The Bertz CT molecular complexity index is 649. The van der Waals surface area contributed by atoms with E-state index in [1.54, 1.807) is 6.20 Å². The van der Waals surface area contributed by atoms with Crippen LogP contribution in [0.1, 0.15) is 0 Å². The van der Waals surface area contributed by atoms with E-state index in [1.807, 2.05) is 30.1 Å². The Hall–Kier alpha value is -2.30. The summed E-state index contributed by atoms with van der Waals surface area (Å²) >= 11 is 0. The van der Waals surface area contributed by atoms with Gasteiger partial charge in [0.2, 0.25) is 0 Å². The van der Waals surface area contributed by atoms with Gasteiger partial charge in [-0.05, 0) is 11.6 Å². The lowest BCUT2D eigenvalue weighted by Crippen LogP contribution is -1.90. The highest BCUT2D eigenvalue weighted by Gasteiger charge is 2.06. The topological polar surface area (TPSA) is 72.5 Å². The normalized spacial score (nSPS) is 11.1. The number of hydrogen-bond acceptors (Lipinski definition) is 3. The van der Waals surface area contributed by atoms with Gasteiger partial charge in [-0.15, -0.1) is 0 Å². The first kappa shape index (κ1) is 8.96. The fourth-order valence-electron chi connectivity index (χ4n) is 1.84. The van der Waals surface area contributed by atoms with Crippen molar-refractivity contribution in [2.24, 2.45) is 7.05 Å². The van der Waals surface area contributed by atoms with Gasteiger partial charge in [0.25, 0.3) is 0 Å². The molecule has 16 heavy (non-hydrogen) atoms. The molecule has 1 aromatic carbocycles. The van der Waals surface area contributed by atoms with E-state index in [9.17, 15) is 0 Å². The third-order valence-electron chi connectivity index (χ3n) is 2.73. The number of H-pyrrole nitrogens is 1. The number of nitrogens with two attached hydrogens (primary N) is 1. The lowest BCUT2D eigenvalue weighted by Gasteiger charge is -2.00. The number of aryl methyl sites for hydroxylation is 1. The molecule has 5 nitrogen and oxygen atoms in total. The molecule has 0 saturated heterocycles. The molecule has 0 bridgehead atoms. The first-order chi connectivity index (χ1) is 7.75. The molecule has 5 heteroatoms. The quantitative estimate of drug-likeness (QED) is 0.644. The molecular weight excluding hydrogens is 202 g/mol. The molecule has 2 heterocycles. The maximum Gasteiger partial charge on any atom is 0.126 e. The van der Waals surface area contributed by atoms with Gasteiger partial charge in [-0.3, -0.25) is 9.78 Å². The lowest BCUT2D eigenvalue weighted by molar-refractivity contribution is 0.797. The molecule has 0 aliphatic heterocycles. The van der Waals surface area contributed by atoms with E-state index < -0.39 is 0 Å². The van der Waals surface area contributed by atoms with Crippen LogP contribution in [0.3, 0.4) is 0 Å². The van der Waals surface area contributed by atoms with Gasteiger partial charge >= 0.3 is 0 Å². The van der Waals surface area contributed by atoms with E-state index in [1.165, 1.54) is 0 Å². The van der Waals surface area contributed by atoms with Gasteiger partial charge in [-0.2, -0.15) is 10.2 Å². The van der Waals surface area contributed by atoms with Crippen molar-refractivity contribution in [2.45, 2.75) is 0 Å². The molecule has 0 aliphatic carbocycles. The zero-order chi connectivity index (χ0) is 11.1.